The van der Waals surface area contributed by atoms with Gasteiger partial charge < -0.3 is 10.2 Å². The third-order valence-corrected chi connectivity index (χ3v) is 5.16. The molecule has 2 aliphatic rings. The van der Waals surface area contributed by atoms with Crippen LogP contribution in [0.5, 0.6) is 0 Å². The molecule has 1 aromatic heterocycles. The minimum absolute atomic E-state index is 0. The summed E-state index contributed by atoms with van der Waals surface area (Å²) in [5.41, 5.74) is 1.79. The van der Waals surface area contributed by atoms with Crippen LogP contribution in [-0.4, -0.2) is 52.0 Å². The van der Waals surface area contributed by atoms with Crippen LogP contribution in [0, 0.1) is 0 Å². The van der Waals surface area contributed by atoms with E-state index in [1.165, 1.54) is 5.56 Å². The van der Waals surface area contributed by atoms with E-state index in [0.29, 0.717) is 17.7 Å². The number of nitrogens with zero attached hydrogens (tertiary/aromatic N) is 4. The van der Waals surface area contributed by atoms with Gasteiger partial charge in [-0.15, -0.1) is 17.5 Å². The van der Waals surface area contributed by atoms with Crippen molar-refractivity contribution in [3.63, 3.8) is 0 Å². The molecule has 1 aromatic carbocycles. The number of nitrogens with one attached hydrogen (secondary N) is 1. The van der Waals surface area contributed by atoms with Crippen molar-refractivity contribution in [3.05, 3.63) is 47.8 Å². The Morgan fingerprint density at radius 3 is 2.64 bits per heavy atom. The normalized spacial score (nSPS) is 21.1. The summed E-state index contributed by atoms with van der Waals surface area (Å²) in [7, 11) is 0. The lowest BCUT2D eigenvalue weighted by molar-refractivity contribution is 0.0785. The first-order valence-electron chi connectivity index (χ1n) is 8.78. The molecule has 25 heavy (non-hydrogen) atoms. The quantitative estimate of drug-likeness (QED) is 0.910. The number of carbonyl (C=O) groups is 1. The van der Waals surface area contributed by atoms with Crippen LogP contribution in [0.2, 0.25) is 0 Å². The van der Waals surface area contributed by atoms with Crippen LogP contribution in [0.25, 0.3) is 0 Å². The van der Waals surface area contributed by atoms with Crippen LogP contribution in [0.3, 0.4) is 0 Å². The number of benzene rings is 1. The van der Waals surface area contributed by atoms with Crippen molar-refractivity contribution in [2.45, 2.75) is 31.2 Å². The summed E-state index contributed by atoms with van der Waals surface area (Å²) in [5, 5.41) is 11.7. The molecular weight excluding hydrogens is 338 g/mol. The molecule has 7 heteroatoms. The molecule has 0 aliphatic carbocycles. The first kappa shape index (κ1) is 17.9. The highest BCUT2D eigenvalue weighted by Crippen LogP contribution is 2.28. The number of rotatable bonds is 3. The number of piperidine rings is 1. The Labute approximate surface area is 154 Å². The van der Waals surface area contributed by atoms with Gasteiger partial charge in [-0.2, -0.15) is 0 Å². The van der Waals surface area contributed by atoms with Crippen LogP contribution >= 0.6 is 12.4 Å². The van der Waals surface area contributed by atoms with E-state index >= 15 is 0 Å². The van der Waals surface area contributed by atoms with Gasteiger partial charge >= 0.3 is 0 Å². The number of amides is 1. The van der Waals surface area contributed by atoms with E-state index in [-0.39, 0.29) is 18.3 Å². The molecule has 0 spiro atoms. The highest BCUT2D eigenvalue weighted by molar-refractivity contribution is 5.92. The molecule has 1 unspecified atom stereocenters. The number of carbonyl (C=O) groups excluding carboxylic acids is 1. The second-order valence-corrected chi connectivity index (χ2v) is 6.71. The Hall–Kier alpha value is -1.92. The highest BCUT2D eigenvalue weighted by Gasteiger charge is 2.29. The van der Waals surface area contributed by atoms with Gasteiger partial charge in [-0.3, -0.25) is 4.79 Å². The Balaban J connectivity index is 0.00000182. The van der Waals surface area contributed by atoms with Crippen molar-refractivity contribution in [3.8, 4) is 0 Å². The summed E-state index contributed by atoms with van der Waals surface area (Å²) in [6.45, 7) is 3.55. The zero-order chi connectivity index (χ0) is 16.4. The van der Waals surface area contributed by atoms with Gasteiger partial charge in [0.2, 0.25) is 0 Å². The molecule has 1 atom stereocenters. The van der Waals surface area contributed by atoms with Crippen molar-refractivity contribution in [1.82, 2.24) is 25.2 Å². The molecule has 6 nitrogen and oxygen atoms in total. The van der Waals surface area contributed by atoms with Crippen molar-refractivity contribution in [1.29, 1.82) is 0 Å². The lowest BCUT2D eigenvalue weighted by atomic mass is 9.99. The Bertz CT molecular complexity index is 699. The second-order valence-electron chi connectivity index (χ2n) is 6.71. The SMILES string of the molecule is Cl.O=C(c1cn(C2CCNCC2)nn1)N1CCC(c2ccccc2)C1. The summed E-state index contributed by atoms with van der Waals surface area (Å²) >= 11 is 0. The van der Waals surface area contributed by atoms with Crippen LogP contribution in [-0.2, 0) is 0 Å². The van der Waals surface area contributed by atoms with Gasteiger partial charge in [0, 0.05) is 19.0 Å². The average Bonchev–Trinajstić information content (AvgIpc) is 3.33. The first-order chi connectivity index (χ1) is 11.8. The van der Waals surface area contributed by atoms with Gasteiger partial charge in [0.25, 0.3) is 5.91 Å². The van der Waals surface area contributed by atoms with E-state index in [1.807, 2.05) is 21.8 Å². The lowest BCUT2D eigenvalue weighted by Crippen LogP contribution is -2.30. The summed E-state index contributed by atoms with van der Waals surface area (Å²) in [4.78, 5) is 14.6. The van der Waals surface area contributed by atoms with E-state index < -0.39 is 0 Å². The van der Waals surface area contributed by atoms with Crippen LogP contribution in [0.4, 0.5) is 0 Å². The predicted octanol–water partition coefficient (Wildman–Crippen LogP) is 2.25. The van der Waals surface area contributed by atoms with Gasteiger partial charge in [-0.05, 0) is 37.9 Å². The van der Waals surface area contributed by atoms with Gasteiger partial charge in [-0.1, -0.05) is 35.5 Å². The molecule has 0 saturated carbocycles. The molecular formula is C18H24ClN5O. The number of hydrogen-bond donors (Lipinski definition) is 1. The summed E-state index contributed by atoms with van der Waals surface area (Å²) in [6, 6.07) is 10.8. The van der Waals surface area contributed by atoms with E-state index in [1.54, 1.807) is 0 Å². The maximum absolute atomic E-state index is 12.7. The molecule has 134 valence electrons. The molecule has 3 heterocycles. The fourth-order valence-corrected chi connectivity index (χ4v) is 3.73. The number of likely N-dealkylation sites (tertiary alicyclic amines) is 1. The Morgan fingerprint density at radius 1 is 1.12 bits per heavy atom. The van der Waals surface area contributed by atoms with E-state index in [0.717, 1.165) is 45.4 Å². The fraction of sp³-hybridized carbons (Fsp3) is 0.500. The van der Waals surface area contributed by atoms with Gasteiger partial charge in [0.05, 0.1) is 12.2 Å². The first-order valence-corrected chi connectivity index (χ1v) is 8.78. The third-order valence-electron chi connectivity index (χ3n) is 5.16. The minimum Gasteiger partial charge on any atom is -0.337 e. The molecule has 0 radical (unpaired) electrons. The van der Waals surface area contributed by atoms with E-state index in [9.17, 15) is 4.79 Å². The second kappa shape index (κ2) is 7.97. The zero-order valence-electron chi connectivity index (χ0n) is 14.2. The summed E-state index contributed by atoms with van der Waals surface area (Å²) < 4.78 is 1.87. The fourth-order valence-electron chi connectivity index (χ4n) is 3.73. The summed E-state index contributed by atoms with van der Waals surface area (Å²) in [6.07, 6.45) is 4.92. The number of halogens is 1. The smallest absolute Gasteiger partial charge is 0.276 e. The van der Waals surface area contributed by atoms with Gasteiger partial charge in [0.1, 0.15) is 0 Å². The lowest BCUT2D eigenvalue weighted by Gasteiger charge is -2.22. The molecule has 2 aliphatic heterocycles. The molecule has 2 saturated heterocycles. The van der Waals surface area contributed by atoms with Crippen LogP contribution < -0.4 is 5.32 Å². The molecule has 0 bridgehead atoms. The number of hydrogen-bond acceptors (Lipinski definition) is 4. The standard InChI is InChI=1S/C18H23N5O.ClH/c24-18(17-13-23(21-20-17)16-6-9-19-10-7-16)22-11-8-15(12-22)14-4-2-1-3-5-14;/h1-5,13,15-16,19H,6-12H2;1H. The molecule has 4 rings (SSSR count). The molecule has 2 fully saturated rings. The Morgan fingerprint density at radius 2 is 1.88 bits per heavy atom. The number of aromatic nitrogens is 3. The molecule has 1 amide bonds. The van der Waals surface area contributed by atoms with Crippen LogP contribution in [0.15, 0.2) is 36.5 Å². The third kappa shape index (κ3) is 3.85. The topological polar surface area (TPSA) is 63.1 Å². The molecule has 1 N–H and O–H groups in total. The highest BCUT2D eigenvalue weighted by atomic mass is 35.5. The van der Waals surface area contributed by atoms with Gasteiger partial charge in [-0.25, -0.2) is 4.68 Å². The maximum atomic E-state index is 12.7. The molecule has 2 aromatic rings. The largest absolute Gasteiger partial charge is 0.337 e. The van der Waals surface area contributed by atoms with Crippen molar-refractivity contribution in [2.24, 2.45) is 0 Å². The van der Waals surface area contributed by atoms with Crippen LogP contribution in [0.1, 0.15) is 47.3 Å². The van der Waals surface area contributed by atoms with Crippen molar-refractivity contribution in [2.75, 3.05) is 26.2 Å². The van der Waals surface area contributed by atoms with Crippen molar-refractivity contribution < 1.29 is 4.79 Å². The van der Waals surface area contributed by atoms with E-state index in [4.69, 9.17) is 0 Å². The minimum atomic E-state index is 0. The van der Waals surface area contributed by atoms with Crippen molar-refractivity contribution >= 4 is 18.3 Å². The monoisotopic (exact) mass is 361 g/mol. The Kier molecular flexibility index (Phi) is 5.71. The maximum Gasteiger partial charge on any atom is 0.276 e. The predicted molar refractivity (Wildman–Crippen MR) is 98.1 cm³/mol. The zero-order valence-corrected chi connectivity index (χ0v) is 15.0. The van der Waals surface area contributed by atoms with Gasteiger partial charge in [0.15, 0.2) is 5.69 Å². The average molecular weight is 362 g/mol. The summed E-state index contributed by atoms with van der Waals surface area (Å²) in [5.74, 6) is 0.434. The van der Waals surface area contributed by atoms with E-state index in [2.05, 4.69) is 39.9 Å².